The van der Waals surface area contributed by atoms with Gasteiger partial charge in [-0.3, -0.25) is 43.2 Å². The second-order valence-electron chi connectivity index (χ2n) is 20.1. The van der Waals surface area contributed by atoms with E-state index in [-0.39, 0.29) is 147 Å². The Morgan fingerprint density at radius 1 is 0.400 bits per heavy atom. The van der Waals surface area contributed by atoms with Gasteiger partial charge in [0.2, 0.25) is 23.6 Å². The molecule has 0 spiro atoms. The zero-order chi connectivity index (χ0) is 59.6. The number of aliphatic carboxylic acids is 4. The highest BCUT2D eigenvalue weighted by Gasteiger charge is 2.27. The monoisotopic (exact) mass is 1140 g/mol. The first-order chi connectivity index (χ1) is 38.4. The van der Waals surface area contributed by atoms with E-state index in [1.165, 1.54) is 25.7 Å². The minimum absolute atomic E-state index is 0.0333. The van der Waals surface area contributed by atoms with Gasteiger partial charge in [-0.25, -0.2) is 9.59 Å². The van der Waals surface area contributed by atoms with E-state index in [1.54, 1.807) is 0 Å². The number of carboxylic acid groups (broad SMARTS) is 4. The zero-order valence-electron chi connectivity index (χ0n) is 47.6. The number of amides is 4. The smallest absolute Gasteiger partial charge is 0.326 e. The lowest BCUT2D eigenvalue weighted by atomic mass is 9.94. The molecule has 0 fully saturated rings. The number of nitrogens with two attached hydrogens (primary N) is 1. The molecule has 0 saturated heterocycles. The first kappa shape index (κ1) is 74.6. The molecule has 0 aliphatic heterocycles. The molecular weight excluding hydrogens is 1050 g/mol. The standard InChI is InChI=1S/C56H97N5O19/c1-2-42(48(64)39-57)20-17-18-30-58-51(67)40-80-37-35-78-33-31-59-52(68)41-79-36-34-77-32-19-21-44(62)25-27-46(55(73)74)61-50(66)29-24-43(54(71)72)38-45(63)26-28-47(56(75)76)60-49(65)22-15-13-11-9-7-5-3-4-6-8-10-12-14-16-23-53(69)70/h42-43,46-47H,2-41,57H2,1H3,(H,58,67)(H,59,68)(H,60,65)(H,61,66)(H,69,70)(H,71,72)(H,73,74)(H,75,76)/t42-,43+,46-,47-/m0/s1. The van der Waals surface area contributed by atoms with Crippen molar-refractivity contribution in [2.45, 2.75) is 205 Å². The molecule has 24 heteroatoms. The third kappa shape index (κ3) is 45.3. The van der Waals surface area contributed by atoms with E-state index in [1.807, 2.05) is 6.92 Å². The van der Waals surface area contributed by atoms with Gasteiger partial charge in [0.25, 0.3) is 0 Å². The van der Waals surface area contributed by atoms with E-state index < -0.39 is 72.3 Å². The summed E-state index contributed by atoms with van der Waals surface area (Å²) in [7, 11) is 0. The van der Waals surface area contributed by atoms with Crippen molar-refractivity contribution in [1.29, 1.82) is 0 Å². The Bertz CT molecular complexity index is 1800. The van der Waals surface area contributed by atoms with Crippen molar-refractivity contribution < 1.29 is 92.1 Å². The maximum absolute atomic E-state index is 12.7. The molecule has 0 saturated carbocycles. The Kier molecular flexibility index (Phi) is 47.1. The van der Waals surface area contributed by atoms with E-state index in [2.05, 4.69) is 21.3 Å². The van der Waals surface area contributed by atoms with Crippen molar-refractivity contribution >= 4 is 64.9 Å². The molecular formula is C56H97N5O19. The lowest BCUT2D eigenvalue weighted by molar-refractivity contribution is -0.145. The quantitative estimate of drug-likeness (QED) is 0.0368. The minimum atomic E-state index is -1.43. The van der Waals surface area contributed by atoms with Crippen LogP contribution in [0.25, 0.3) is 0 Å². The van der Waals surface area contributed by atoms with Crippen molar-refractivity contribution in [2.24, 2.45) is 17.6 Å². The maximum Gasteiger partial charge on any atom is 0.326 e. The van der Waals surface area contributed by atoms with Crippen molar-refractivity contribution in [3.63, 3.8) is 0 Å². The Morgan fingerprint density at radius 3 is 1.35 bits per heavy atom. The number of unbranched alkanes of at least 4 members (excludes halogenated alkanes) is 14. The highest BCUT2D eigenvalue weighted by atomic mass is 16.5. The number of carboxylic acids is 4. The molecule has 80 heavy (non-hydrogen) atoms. The molecule has 24 nitrogen and oxygen atoms in total. The molecule has 0 aliphatic carbocycles. The minimum Gasteiger partial charge on any atom is -0.481 e. The fourth-order valence-corrected chi connectivity index (χ4v) is 8.47. The number of Topliss-reactive ketones (excluding diaryl/α,β-unsaturated/α-hetero) is 3. The summed E-state index contributed by atoms with van der Waals surface area (Å²) in [6, 6.07) is -2.77. The molecule has 0 aliphatic rings. The molecule has 0 radical (unpaired) electrons. The molecule has 4 atom stereocenters. The molecule has 0 rings (SSSR count). The number of rotatable bonds is 58. The molecule has 0 unspecified atom stereocenters. The summed E-state index contributed by atoms with van der Waals surface area (Å²) in [5.41, 5.74) is 5.43. The third-order valence-electron chi connectivity index (χ3n) is 13.3. The summed E-state index contributed by atoms with van der Waals surface area (Å²) in [6.45, 7) is 3.52. The summed E-state index contributed by atoms with van der Waals surface area (Å²) in [4.78, 5) is 132. The van der Waals surface area contributed by atoms with Gasteiger partial charge in [0.1, 0.15) is 42.6 Å². The van der Waals surface area contributed by atoms with Gasteiger partial charge in [0, 0.05) is 70.6 Å². The van der Waals surface area contributed by atoms with Crippen molar-refractivity contribution in [2.75, 3.05) is 72.5 Å². The van der Waals surface area contributed by atoms with Gasteiger partial charge in [-0.15, -0.1) is 0 Å². The maximum atomic E-state index is 12.7. The average molecular weight is 1140 g/mol. The van der Waals surface area contributed by atoms with Gasteiger partial charge in [-0.2, -0.15) is 0 Å². The summed E-state index contributed by atoms with van der Waals surface area (Å²) < 4.78 is 21.4. The predicted octanol–water partition coefficient (Wildman–Crippen LogP) is 4.82. The molecule has 0 heterocycles. The third-order valence-corrected chi connectivity index (χ3v) is 13.3. The largest absolute Gasteiger partial charge is 0.481 e. The number of ether oxygens (including phenoxy) is 4. The summed E-state index contributed by atoms with van der Waals surface area (Å²) in [6.07, 6.45) is 15.9. The predicted molar refractivity (Wildman–Crippen MR) is 294 cm³/mol. The Labute approximate surface area is 472 Å². The van der Waals surface area contributed by atoms with Crippen LogP contribution in [0.15, 0.2) is 0 Å². The van der Waals surface area contributed by atoms with Gasteiger partial charge in [-0.05, 0) is 57.8 Å². The van der Waals surface area contributed by atoms with Gasteiger partial charge >= 0.3 is 23.9 Å². The van der Waals surface area contributed by atoms with Crippen molar-refractivity contribution in [3.05, 3.63) is 0 Å². The van der Waals surface area contributed by atoms with E-state index in [0.29, 0.717) is 19.4 Å². The molecule has 4 amide bonds. The molecule has 0 aromatic carbocycles. The lowest BCUT2D eigenvalue weighted by Crippen LogP contribution is -2.41. The van der Waals surface area contributed by atoms with Gasteiger partial charge in [0.15, 0.2) is 0 Å². The van der Waals surface area contributed by atoms with Crippen LogP contribution >= 0.6 is 0 Å². The van der Waals surface area contributed by atoms with Gasteiger partial charge in [0.05, 0.1) is 45.5 Å². The van der Waals surface area contributed by atoms with Crippen LogP contribution in [0.1, 0.15) is 193 Å². The number of ketones is 3. The molecule has 460 valence electrons. The Morgan fingerprint density at radius 2 is 0.863 bits per heavy atom. The number of carbonyl (C=O) groups is 11. The topological polar surface area (TPSA) is 380 Å². The molecule has 0 aromatic rings. The van der Waals surface area contributed by atoms with E-state index >= 15 is 0 Å². The van der Waals surface area contributed by atoms with Crippen LogP contribution in [0.4, 0.5) is 0 Å². The van der Waals surface area contributed by atoms with Crippen LogP contribution in [0, 0.1) is 11.8 Å². The first-order valence-electron chi connectivity index (χ1n) is 29.0. The number of carbonyl (C=O) groups excluding carboxylic acids is 7. The summed E-state index contributed by atoms with van der Waals surface area (Å²) in [5.74, 6) is -8.81. The van der Waals surface area contributed by atoms with Crippen LogP contribution in [0.2, 0.25) is 0 Å². The van der Waals surface area contributed by atoms with E-state index in [9.17, 15) is 68.1 Å². The van der Waals surface area contributed by atoms with E-state index in [4.69, 9.17) is 29.8 Å². The van der Waals surface area contributed by atoms with Crippen LogP contribution in [-0.2, 0) is 71.7 Å². The summed E-state index contributed by atoms with van der Waals surface area (Å²) >= 11 is 0. The molecule has 0 bridgehead atoms. The zero-order valence-corrected chi connectivity index (χ0v) is 47.6. The number of hydrogen-bond donors (Lipinski definition) is 9. The Hall–Kier alpha value is -5.43. The highest BCUT2D eigenvalue weighted by Crippen LogP contribution is 2.18. The Balaban J connectivity index is 4.14. The number of nitrogens with one attached hydrogen (secondary N) is 4. The second kappa shape index (κ2) is 50.5. The van der Waals surface area contributed by atoms with E-state index in [0.717, 1.165) is 83.5 Å². The molecule has 10 N–H and O–H groups in total. The van der Waals surface area contributed by atoms with Crippen molar-refractivity contribution in [3.8, 4) is 0 Å². The summed E-state index contributed by atoms with van der Waals surface area (Å²) in [5, 5.41) is 47.8. The van der Waals surface area contributed by atoms with Crippen LogP contribution in [0.5, 0.6) is 0 Å². The first-order valence-corrected chi connectivity index (χ1v) is 29.0. The second-order valence-corrected chi connectivity index (χ2v) is 20.1. The van der Waals surface area contributed by atoms with Crippen LogP contribution in [-0.4, -0.2) is 170 Å². The average Bonchev–Trinajstić information content (AvgIpc) is 3.41. The van der Waals surface area contributed by atoms with Crippen molar-refractivity contribution in [1.82, 2.24) is 21.3 Å². The fraction of sp³-hybridized carbons (Fsp3) is 0.804. The highest BCUT2D eigenvalue weighted by molar-refractivity contribution is 5.88. The van der Waals surface area contributed by atoms with Gasteiger partial charge < -0.3 is 66.4 Å². The lowest BCUT2D eigenvalue weighted by Gasteiger charge is -2.17. The number of hydrogen-bond acceptors (Lipinski definition) is 16. The fourth-order valence-electron chi connectivity index (χ4n) is 8.47. The molecule has 0 aromatic heterocycles. The SMILES string of the molecule is CC[C@@H](CCCCNC(=O)COCCOCCNC(=O)COCCOCCCC(=O)CC[C@H](NC(=O)CC[C@H](CC(=O)CC[C@H](NC(=O)CCCCCCCCCCCCCCCCC(=O)O)C(=O)O)C(=O)O)C(=O)O)C(=O)CN. The van der Waals surface area contributed by atoms with Gasteiger partial charge in [-0.1, -0.05) is 90.4 Å². The van der Waals surface area contributed by atoms with Crippen LogP contribution < -0.4 is 27.0 Å². The van der Waals surface area contributed by atoms with Crippen LogP contribution in [0.3, 0.4) is 0 Å². The normalized spacial score (nSPS) is 12.6.